The fourth-order valence-corrected chi connectivity index (χ4v) is 2.99. The zero-order valence-electron chi connectivity index (χ0n) is 14.7. The van der Waals surface area contributed by atoms with Crippen LogP contribution < -0.4 is 10.2 Å². The first-order valence-corrected chi connectivity index (χ1v) is 8.55. The van der Waals surface area contributed by atoms with E-state index in [0.717, 1.165) is 24.3 Å². The summed E-state index contributed by atoms with van der Waals surface area (Å²) < 4.78 is 0. The van der Waals surface area contributed by atoms with Crippen LogP contribution in [0.4, 0.5) is 10.5 Å². The van der Waals surface area contributed by atoms with E-state index in [9.17, 15) is 9.59 Å². The number of anilines is 1. The maximum Gasteiger partial charge on any atom is 0.335 e. The molecule has 0 unspecified atom stereocenters. The second-order valence-electron chi connectivity index (χ2n) is 6.30. The molecule has 0 radical (unpaired) electrons. The van der Waals surface area contributed by atoms with Gasteiger partial charge in [0, 0.05) is 38.9 Å². The highest BCUT2D eigenvalue weighted by Gasteiger charge is 2.21. The van der Waals surface area contributed by atoms with Crippen molar-refractivity contribution in [2.24, 2.45) is 0 Å². The van der Waals surface area contributed by atoms with Crippen LogP contribution in [0.3, 0.4) is 0 Å². The van der Waals surface area contributed by atoms with Gasteiger partial charge in [0.05, 0.1) is 17.4 Å². The van der Waals surface area contributed by atoms with Crippen molar-refractivity contribution in [1.82, 2.24) is 15.2 Å². The van der Waals surface area contributed by atoms with Crippen LogP contribution in [0.25, 0.3) is 0 Å². The minimum atomic E-state index is -0.956. The van der Waals surface area contributed by atoms with Gasteiger partial charge in [-0.1, -0.05) is 12.1 Å². The Kier molecular flexibility index (Phi) is 5.36. The maximum absolute atomic E-state index is 12.3. The molecule has 136 valence electrons. The summed E-state index contributed by atoms with van der Waals surface area (Å²) >= 11 is 0. The molecule has 7 heteroatoms. The van der Waals surface area contributed by atoms with Crippen LogP contribution in [0.1, 0.15) is 21.5 Å². The Morgan fingerprint density at radius 2 is 1.81 bits per heavy atom. The lowest BCUT2D eigenvalue weighted by molar-refractivity contribution is 0.0697. The number of piperazine rings is 1. The maximum atomic E-state index is 12.3. The average Bonchev–Trinajstić information content (AvgIpc) is 2.67. The summed E-state index contributed by atoms with van der Waals surface area (Å²) in [7, 11) is 0. The van der Waals surface area contributed by atoms with E-state index in [1.165, 1.54) is 5.56 Å². The van der Waals surface area contributed by atoms with E-state index in [1.807, 2.05) is 12.3 Å². The number of aryl methyl sites for hydroxylation is 1. The normalized spacial score (nSPS) is 14.2. The molecule has 0 bridgehead atoms. The van der Waals surface area contributed by atoms with Crippen LogP contribution in [0.2, 0.25) is 0 Å². The second-order valence-corrected chi connectivity index (χ2v) is 6.30. The molecule has 3 rings (SSSR count). The van der Waals surface area contributed by atoms with E-state index in [2.05, 4.69) is 22.1 Å². The molecule has 2 heterocycles. The second kappa shape index (κ2) is 7.86. The van der Waals surface area contributed by atoms with Crippen LogP contribution in [0.15, 0.2) is 42.7 Å². The van der Waals surface area contributed by atoms with Crippen molar-refractivity contribution < 1.29 is 14.7 Å². The van der Waals surface area contributed by atoms with Crippen molar-refractivity contribution in [2.45, 2.75) is 13.5 Å². The number of nitrogens with one attached hydrogen (secondary N) is 1. The van der Waals surface area contributed by atoms with Crippen molar-refractivity contribution in [2.75, 3.05) is 31.1 Å². The van der Waals surface area contributed by atoms with Crippen molar-refractivity contribution >= 4 is 17.7 Å². The standard InChI is InChI=1S/C19H22N4O3/c1-14-6-7-20-13-17(14)22-8-10-23(11-9-22)19(26)21-12-15-2-4-16(5-3-15)18(24)25/h2-7,13H,8-12H2,1H3,(H,21,26)(H,24,25). The Bertz CT molecular complexity index is 784. The number of urea groups is 1. The number of nitrogens with zero attached hydrogens (tertiary/aromatic N) is 3. The quantitative estimate of drug-likeness (QED) is 0.878. The molecule has 1 saturated heterocycles. The van der Waals surface area contributed by atoms with Crippen LogP contribution in [-0.4, -0.2) is 53.2 Å². The molecule has 0 atom stereocenters. The first-order chi connectivity index (χ1) is 12.5. The van der Waals surface area contributed by atoms with Crippen molar-refractivity contribution in [3.8, 4) is 0 Å². The highest BCUT2D eigenvalue weighted by molar-refractivity contribution is 5.87. The van der Waals surface area contributed by atoms with Gasteiger partial charge in [-0.2, -0.15) is 0 Å². The summed E-state index contributed by atoms with van der Waals surface area (Å²) in [5.74, 6) is -0.956. The van der Waals surface area contributed by atoms with Crippen LogP contribution >= 0.6 is 0 Å². The molecule has 2 N–H and O–H groups in total. The first kappa shape index (κ1) is 17.7. The number of pyridine rings is 1. The predicted molar refractivity (Wildman–Crippen MR) is 98.4 cm³/mol. The minimum Gasteiger partial charge on any atom is -0.478 e. The molecular weight excluding hydrogens is 332 g/mol. The summed E-state index contributed by atoms with van der Waals surface area (Å²) in [4.78, 5) is 31.4. The van der Waals surface area contributed by atoms with Crippen LogP contribution in [0, 0.1) is 6.92 Å². The van der Waals surface area contributed by atoms with Gasteiger partial charge in [0.2, 0.25) is 0 Å². The van der Waals surface area contributed by atoms with Gasteiger partial charge < -0.3 is 20.2 Å². The Hall–Kier alpha value is -3.09. The Balaban J connectivity index is 1.49. The van der Waals surface area contributed by atoms with Gasteiger partial charge in [-0.3, -0.25) is 4.98 Å². The fourth-order valence-electron chi connectivity index (χ4n) is 2.99. The number of benzene rings is 1. The Labute approximate surface area is 152 Å². The van der Waals surface area contributed by atoms with Crippen molar-refractivity contribution in [3.05, 3.63) is 59.4 Å². The van der Waals surface area contributed by atoms with Gasteiger partial charge in [0.25, 0.3) is 0 Å². The molecule has 7 nitrogen and oxygen atoms in total. The molecule has 1 aromatic heterocycles. The van der Waals surface area contributed by atoms with Gasteiger partial charge in [-0.15, -0.1) is 0 Å². The van der Waals surface area contributed by atoms with Gasteiger partial charge in [0.15, 0.2) is 0 Å². The van der Waals surface area contributed by atoms with Crippen LogP contribution in [0.5, 0.6) is 0 Å². The van der Waals surface area contributed by atoms with E-state index < -0.39 is 5.97 Å². The van der Waals surface area contributed by atoms with E-state index in [0.29, 0.717) is 19.6 Å². The number of carboxylic acids is 1. The molecule has 0 aliphatic carbocycles. The van der Waals surface area contributed by atoms with Gasteiger partial charge in [-0.25, -0.2) is 9.59 Å². The van der Waals surface area contributed by atoms with E-state index in [1.54, 1.807) is 35.4 Å². The number of carboxylic acid groups (broad SMARTS) is 1. The largest absolute Gasteiger partial charge is 0.478 e. The van der Waals surface area contributed by atoms with E-state index >= 15 is 0 Å². The third kappa shape index (κ3) is 4.11. The summed E-state index contributed by atoms with van der Waals surface area (Å²) in [6.07, 6.45) is 3.65. The summed E-state index contributed by atoms with van der Waals surface area (Å²) in [6, 6.07) is 8.40. The fraction of sp³-hybridized carbons (Fsp3) is 0.316. The molecule has 1 aromatic carbocycles. The Morgan fingerprint density at radius 3 is 2.42 bits per heavy atom. The number of hydrogen-bond donors (Lipinski definition) is 2. The number of hydrogen-bond acceptors (Lipinski definition) is 4. The predicted octanol–water partition coefficient (Wildman–Crippen LogP) is 2.12. The summed E-state index contributed by atoms with van der Waals surface area (Å²) in [5, 5.41) is 11.8. The zero-order valence-corrected chi connectivity index (χ0v) is 14.7. The summed E-state index contributed by atoms with van der Waals surface area (Å²) in [6.45, 7) is 5.28. The third-order valence-electron chi connectivity index (χ3n) is 4.56. The molecule has 1 fully saturated rings. The SMILES string of the molecule is Cc1ccncc1N1CCN(C(=O)NCc2ccc(C(=O)O)cc2)CC1. The number of carbonyl (C=O) groups excluding carboxylic acids is 1. The lowest BCUT2D eigenvalue weighted by atomic mass is 10.1. The van der Waals surface area contributed by atoms with E-state index in [4.69, 9.17) is 5.11 Å². The topological polar surface area (TPSA) is 85.8 Å². The van der Waals surface area contributed by atoms with E-state index in [-0.39, 0.29) is 11.6 Å². The minimum absolute atomic E-state index is 0.102. The smallest absolute Gasteiger partial charge is 0.335 e. The highest BCUT2D eigenvalue weighted by atomic mass is 16.4. The number of aromatic nitrogens is 1. The number of rotatable bonds is 4. The number of amides is 2. The van der Waals surface area contributed by atoms with Crippen molar-refractivity contribution in [3.63, 3.8) is 0 Å². The molecule has 0 spiro atoms. The molecule has 1 aliphatic heterocycles. The van der Waals surface area contributed by atoms with Gasteiger partial charge in [-0.05, 0) is 36.2 Å². The molecular formula is C19H22N4O3. The monoisotopic (exact) mass is 354 g/mol. The van der Waals surface area contributed by atoms with Crippen LogP contribution in [-0.2, 0) is 6.54 Å². The lowest BCUT2D eigenvalue weighted by Gasteiger charge is -2.36. The molecule has 2 aromatic rings. The lowest BCUT2D eigenvalue weighted by Crippen LogP contribution is -2.51. The number of carbonyl (C=O) groups is 2. The average molecular weight is 354 g/mol. The van der Waals surface area contributed by atoms with Gasteiger partial charge in [0.1, 0.15) is 0 Å². The van der Waals surface area contributed by atoms with Crippen molar-refractivity contribution in [1.29, 1.82) is 0 Å². The molecule has 26 heavy (non-hydrogen) atoms. The molecule has 2 amide bonds. The highest BCUT2D eigenvalue weighted by Crippen LogP contribution is 2.19. The summed E-state index contributed by atoms with van der Waals surface area (Å²) in [5.41, 5.74) is 3.41. The Morgan fingerprint density at radius 1 is 1.12 bits per heavy atom. The first-order valence-electron chi connectivity index (χ1n) is 8.55. The van der Waals surface area contributed by atoms with Gasteiger partial charge >= 0.3 is 12.0 Å². The number of aromatic carboxylic acids is 1. The molecule has 1 aliphatic rings. The third-order valence-corrected chi connectivity index (χ3v) is 4.56. The molecule has 0 saturated carbocycles. The zero-order chi connectivity index (χ0) is 18.5.